The smallest absolute Gasteiger partial charge is 0.259 e. The van der Waals surface area contributed by atoms with Gasteiger partial charge in [-0.05, 0) is 34.0 Å². The molecule has 11 heteroatoms. The number of hydrogen-bond donors (Lipinski definition) is 2. The molecule has 1 amide bonds. The van der Waals surface area contributed by atoms with Gasteiger partial charge in [-0.1, -0.05) is 12.1 Å². The molecule has 2 aliphatic rings. The first-order valence-electron chi connectivity index (χ1n) is 8.76. The van der Waals surface area contributed by atoms with Crippen LogP contribution in [0.25, 0.3) is 5.82 Å². The third kappa shape index (κ3) is 2.94. The van der Waals surface area contributed by atoms with Crippen molar-refractivity contribution in [2.24, 2.45) is 11.8 Å². The van der Waals surface area contributed by atoms with E-state index in [4.69, 9.17) is 0 Å². The van der Waals surface area contributed by atoms with Crippen molar-refractivity contribution in [2.75, 3.05) is 19.6 Å². The molecule has 28 heavy (non-hydrogen) atoms. The number of H-pyrrole nitrogens is 1. The molecule has 3 atom stereocenters. The van der Waals surface area contributed by atoms with E-state index >= 15 is 0 Å². The van der Waals surface area contributed by atoms with E-state index in [1.165, 1.54) is 29.3 Å². The monoisotopic (exact) mass is 404 g/mol. The molecule has 0 unspecified atom stereocenters. The molecule has 0 spiro atoms. The van der Waals surface area contributed by atoms with Gasteiger partial charge in [-0.25, -0.2) is 4.39 Å². The van der Waals surface area contributed by atoms with Gasteiger partial charge >= 0.3 is 0 Å². The minimum absolute atomic E-state index is 0. The van der Waals surface area contributed by atoms with E-state index in [0.29, 0.717) is 23.8 Å². The Labute approximate surface area is 165 Å². The van der Waals surface area contributed by atoms with Gasteiger partial charge in [0, 0.05) is 25.6 Å². The van der Waals surface area contributed by atoms with Crippen LogP contribution < -0.4 is 5.32 Å². The van der Waals surface area contributed by atoms with E-state index in [2.05, 4.69) is 31.0 Å². The minimum atomic E-state index is -0.299. The van der Waals surface area contributed by atoms with Gasteiger partial charge in [0.2, 0.25) is 0 Å². The van der Waals surface area contributed by atoms with Gasteiger partial charge in [0.15, 0.2) is 5.82 Å². The summed E-state index contributed by atoms with van der Waals surface area (Å²) in [6, 6.07) is 6.31. The lowest BCUT2D eigenvalue weighted by molar-refractivity contribution is 0.0713. The molecule has 2 aromatic heterocycles. The van der Waals surface area contributed by atoms with Crippen LogP contribution in [0.4, 0.5) is 4.39 Å². The number of amides is 1. The molecule has 0 radical (unpaired) electrons. The van der Waals surface area contributed by atoms with Crippen LogP contribution in [0.5, 0.6) is 0 Å². The highest BCUT2D eigenvalue weighted by atomic mass is 35.5. The number of carbonyl (C=O) groups is 1. The third-order valence-electron chi connectivity index (χ3n) is 5.44. The van der Waals surface area contributed by atoms with Gasteiger partial charge < -0.3 is 10.2 Å². The number of nitrogens with one attached hydrogen (secondary N) is 2. The van der Waals surface area contributed by atoms with E-state index in [0.717, 1.165) is 18.7 Å². The molecule has 0 saturated carbocycles. The molecule has 2 fully saturated rings. The van der Waals surface area contributed by atoms with Crippen molar-refractivity contribution >= 4 is 18.3 Å². The fourth-order valence-corrected chi connectivity index (χ4v) is 4.28. The maximum atomic E-state index is 13.9. The number of rotatable bonds is 3. The Hall–Kier alpha value is -2.85. The quantitative estimate of drug-likeness (QED) is 0.674. The van der Waals surface area contributed by atoms with Gasteiger partial charge in [-0.15, -0.1) is 17.5 Å². The molecule has 2 aliphatic heterocycles. The maximum Gasteiger partial charge on any atom is 0.259 e. The van der Waals surface area contributed by atoms with Crippen molar-refractivity contribution in [2.45, 2.75) is 6.04 Å². The molecular formula is C17H18ClFN8O. The lowest BCUT2D eigenvalue weighted by Gasteiger charge is -2.28. The van der Waals surface area contributed by atoms with Gasteiger partial charge in [0.1, 0.15) is 17.7 Å². The highest BCUT2D eigenvalue weighted by Gasteiger charge is 2.47. The number of halogens is 2. The van der Waals surface area contributed by atoms with E-state index < -0.39 is 0 Å². The predicted octanol–water partition coefficient (Wildman–Crippen LogP) is 0.979. The Morgan fingerprint density at radius 1 is 1.29 bits per heavy atom. The van der Waals surface area contributed by atoms with Crippen LogP contribution in [-0.4, -0.2) is 60.8 Å². The summed E-state index contributed by atoms with van der Waals surface area (Å²) in [7, 11) is 0. The average molecular weight is 405 g/mol. The molecular weight excluding hydrogens is 387 g/mol. The second-order valence-electron chi connectivity index (χ2n) is 6.93. The highest BCUT2D eigenvalue weighted by molar-refractivity contribution is 5.97. The normalized spacial score (nSPS) is 23.5. The van der Waals surface area contributed by atoms with Crippen LogP contribution in [0.2, 0.25) is 0 Å². The van der Waals surface area contributed by atoms with Gasteiger partial charge in [-0.2, -0.15) is 9.78 Å². The predicted molar refractivity (Wildman–Crippen MR) is 98.6 cm³/mol. The molecule has 5 rings (SSSR count). The van der Waals surface area contributed by atoms with E-state index in [1.807, 2.05) is 11.0 Å². The van der Waals surface area contributed by atoms with Crippen molar-refractivity contribution in [1.82, 2.24) is 40.6 Å². The van der Waals surface area contributed by atoms with Crippen LogP contribution in [0, 0.1) is 17.7 Å². The number of hydrogen-bond acceptors (Lipinski definition) is 6. The highest BCUT2D eigenvalue weighted by Crippen LogP contribution is 2.43. The summed E-state index contributed by atoms with van der Waals surface area (Å²) in [6.07, 6.45) is 2.88. The van der Waals surface area contributed by atoms with E-state index in [-0.39, 0.29) is 36.1 Å². The first kappa shape index (κ1) is 18.5. The van der Waals surface area contributed by atoms with Crippen LogP contribution in [0.3, 0.4) is 0 Å². The molecule has 9 nitrogen and oxygen atoms in total. The van der Waals surface area contributed by atoms with Crippen molar-refractivity contribution in [3.8, 4) is 5.82 Å². The summed E-state index contributed by atoms with van der Waals surface area (Å²) in [5.74, 6) is 0.535. The topological polar surface area (TPSA) is 105 Å². The van der Waals surface area contributed by atoms with Crippen LogP contribution >= 0.6 is 12.4 Å². The van der Waals surface area contributed by atoms with Crippen molar-refractivity contribution in [1.29, 1.82) is 0 Å². The summed E-state index contributed by atoms with van der Waals surface area (Å²) in [6.45, 7) is 2.27. The molecule has 3 aromatic rings. The largest absolute Gasteiger partial charge is 0.331 e. The number of tetrazole rings is 1. The Bertz CT molecular complexity index is 977. The third-order valence-corrected chi connectivity index (χ3v) is 5.44. The first-order valence-corrected chi connectivity index (χ1v) is 8.76. The molecule has 0 bridgehead atoms. The summed E-state index contributed by atoms with van der Waals surface area (Å²) in [5, 5.41) is 21.2. The van der Waals surface area contributed by atoms with E-state index in [1.54, 1.807) is 6.07 Å². The number of fused-ring (bicyclic) bond motifs is 1. The molecule has 2 saturated heterocycles. The van der Waals surface area contributed by atoms with Crippen LogP contribution in [0.1, 0.15) is 22.0 Å². The van der Waals surface area contributed by atoms with E-state index in [9.17, 15) is 9.18 Å². The van der Waals surface area contributed by atoms with Gasteiger partial charge in [-0.3, -0.25) is 9.89 Å². The Morgan fingerprint density at radius 3 is 2.96 bits per heavy atom. The van der Waals surface area contributed by atoms with Gasteiger partial charge in [0.25, 0.3) is 5.91 Å². The second-order valence-corrected chi connectivity index (χ2v) is 6.93. The SMILES string of the molecule is Cl.O=C(c1cn[nH]c1-n1cnnn1)N1C[C@@H]2CNC[C@@H]2[C@H]1c1cccc(F)c1. The van der Waals surface area contributed by atoms with Crippen molar-refractivity contribution in [3.05, 3.63) is 53.7 Å². The molecule has 2 N–H and O–H groups in total. The first-order chi connectivity index (χ1) is 13.2. The number of aromatic nitrogens is 6. The summed E-state index contributed by atoms with van der Waals surface area (Å²) < 4.78 is 15.2. The average Bonchev–Trinajstić information content (AvgIpc) is 3.44. The zero-order valence-corrected chi connectivity index (χ0v) is 15.5. The van der Waals surface area contributed by atoms with Crippen LogP contribution in [0.15, 0.2) is 36.8 Å². The zero-order chi connectivity index (χ0) is 18.4. The number of carbonyl (C=O) groups excluding carboxylic acids is 1. The molecule has 0 aliphatic carbocycles. The Kier molecular flexibility index (Phi) is 4.82. The van der Waals surface area contributed by atoms with Crippen molar-refractivity contribution in [3.63, 3.8) is 0 Å². The molecule has 1 aromatic carbocycles. The lowest BCUT2D eigenvalue weighted by Crippen LogP contribution is -2.35. The van der Waals surface area contributed by atoms with Crippen molar-refractivity contribution < 1.29 is 9.18 Å². The Balaban J connectivity index is 0.00000192. The summed E-state index contributed by atoms with van der Waals surface area (Å²) in [5.41, 5.74) is 1.20. The number of aromatic amines is 1. The molecule has 4 heterocycles. The second kappa shape index (κ2) is 7.28. The summed E-state index contributed by atoms with van der Waals surface area (Å²) >= 11 is 0. The minimum Gasteiger partial charge on any atom is -0.331 e. The summed E-state index contributed by atoms with van der Waals surface area (Å²) in [4.78, 5) is 15.2. The standard InChI is InChI=1S/C17H17FN8O.ClH/c18-12-3-1-2-10(4-12)15-13-6-19-5-11(13)8-25(15)17(27)14-7-20-22-16(14)26-9-21-23-24-26;/h1-4,7,9,11,13,15,19H,5-6,8H2,(H,20,22);1H/t11-,13-,15+;/m0./s1. The zero-order valence-electron chi connectivity index (χ0n) is 14.7. The fourth-order valence-electron chi connectivity index (χ4n) is 4.28. The maximum absolute atomic E-state index is 13.9. The van der Waals surface area contributed by atoms with Gasteiger partial charge in [0.05, 0.1) is 12.2 Å². The Morgan fingerprint density at radius 2 is 2.18 bits per heavy atom. The molecule has 146 valence electrons. The van der Waals surface area contributed by atoms with Crippen LogP contribution in [-0.2, 0) is 0 Å². The fraction of sp³-hybridized carbons (Fsp3) is 0.353. The number of likely N-dealkylation sites (tertiary alicyclic amines) is 1. The lowest BCUT2D eigenvalue weighted by atomic mass is 9.89. The number of benzene rings is 1. The number of nitrogens with zero attached hydrogens (tertiary/aromatic N) is 6.